The Kier molecular flexibility index (Phi) is 3.82. The monoisotopic (exact) mass is 254 g/mol. The number of anilines is 1. The van der Waals surface area contributed by atoms with E-state index in [-0.39, 0.29) is 5.82 Å². The van der Waals surface area contributed by atoms with Crippen LogP contribution < -0.4 is 5.32 Å². The zero-order valence-electron chi connectivity index (χ0n) is 11.0. The molecule has 0 bridgehead atoms. The van der Waals surface area contributed by atoms with Crippen LogP contribution in [0.4, 0.5) is 10.1 Å². The van der Waals surface area contributed by atoms with Crippen molar-refractivity contribution in [3.8, 4) is 6.07 Å². The van der Waals surface area contributed by atoms with Crippen molar-refractivity contribution in [1.82, 2.24) is 0 Å². The van der Waals surface area contributed by atoms with Gasteiger partial charge < -0.3 is 5.32 Å². The van der Waals surface area contributed by atoms with Gasteiger partial charge in [-0.3, -0.25) is 0 Å². The Morgan fingerprint density at radius 2 is 1.89 bits per heavy atom. The highest BCUT2D eigenvalue weighted by Gasteiger charge is 2.02. The number of hydrogen-bond donors (Lipinski definition) is 1. The summed E-state index contributed by atoms with van der Waals surface area (Å²) in [5.41, 5.74) is 4.20. The summed E-state index contributed by atoms with van der Waals surface area (Å²) in [6.07, 6.45) is 0. The fourth-order valence-corrected chi connectivity index (χ4v) is 1.86. The first-order valence-corrected chi connectivity index (χ1v) is 6.10. The summed E-state index contributed by atoms with van der Waals surface area (Å²) in [6, 6.07) is 12.8. The number of aryl methyl sites for hydroxylation is 2. The molecule has 0 heterocycles. The van der Waals surface area contributed by atoms with Crippen molar-refractivity contribution in [1.29, 1.82) is 5.26 Å². The molecule has 0 spiro atoms. The van der Waals surface area contributed by atoms with Crippen LogP contribution in [0.2, 0.25) is 0 Å². The molecule has 96 valence electrons. The highest BCUT2D eigenvalue weighted by atomic mass is 19.1. The normalized spacial score (nSPS) is 10.0. The van der Waals surface area contributed by atoms with Crippen LogP contribution in [0.1, 0.15) is 22.3 Å². The van der Waals surface area contributed by atoms with Crippen molar-refractivity contribution < 1.29 is 4.39 Å². The second kappa shape index (κ2) is 5.53. The molecule has 0 saturated carbocycles. The van der Waals surface area contributed by atoms with Gasteiger partial charge in [0.1, 0.15) is 5.82 Å². The van der Waals surface area contributed by atoms with Crippen molar-refractivity contribution >= 4 is 5.69 Å². The molecule has 2 nitrogen and oxygen atoms in total. The molecule has 0 amide bonds. The lowest BCUT2D eigenvalue weighted by Crippen LogP contribution is -2.02. The average Bonchev–Trinajstić information content (AvgIpc) is 2.41. The van der Waals surface area contributed by atoms with E-state index in [0.29, 0.717) is 17.7 Å². The van der Waals surface area contributed by atoms with Crippen molar-refractivity contribution in [3.05, 3.63) is 64.5 Å². The molecule has 0 saturated heterocycles. The third-order valence-corrected chi connectivity index (χ3v) is 3.13. The van der Waals surface area contributed by atoms with Crippen LogP contribution in [0, 0.1) is 31.0 Å². The van der Waals surface area contributed by atoms with Gasteiger partial charge in [0, 0.05) is 12.2 Å². The molecule has 0 aromatic heterocycles. The number of benzene rings is 2. The molecule has 1 N–H and O–H groups in total. The van der Waals surface area contributed by atoms with Crippen molar-refractivity contribution in [2.24, 2.45) is 0 Å². The summed E-state index contributed by atoms with van der Waals surface area (Å²) in [5.74, 6) is -0.207. The predicted molar refractivity (Wildman–Crippen MR) is 74.4 cm³/mol. The van der Waals surface area contributed by atoms with E-state index in [9.17, 15) is 4.39 Å². The minimum Gasteiger partial charge on any atom is -0.381 e. The quantitative estimate of drug-likeness (QED) is 0.900. The molecule has 19 heavy (non-hydrogen) atoms. The van der Waals surface area contributed by atoms with Crippen LogP contribution in [0.15, 0.2) is 36.4 Å². The minimum atomic E-state index is -0.207. The van der Waals surface area contributed by atoms with Gasteiger partial charge in [0.25, 0.3) is 0 Å². The van der Waals surface area contributed by atoms with Crippen molar-refractivity contribution in [2.75, 3.05) is 5.32 Å². The Morgan fingerprint density at radius 3 is 2.53 bits per heavy atom. The van der Waals surface area contributed by atoms with Gasteiger partial charge in [0.15, 0.2) is 0 Å². The van der Waals surface area contributed by atoms with E-state index in [2.05, 4.69) is 11.4 Å². The summed E-state index contributed by atoms with van der Waals surface area (Å²) < 4.78 is 13.4. The Morgan fingerprint density at radius 1 is 1.11 bits per heavy atom. The van der Waals surface area contributed by atoms with Gasteiger partial charge in [-0.15, -0.1) is 0 Å². The SMILES string of the molecule is Cc1ccc(NCc2ccc(C#N)cc2C)cc1F. The second-order valence-electron chi connectivity index (χ2n) is 4.57. The third kappa shape index (κ3) is 3.11. The molecule has 0 aliphatic carbocycles. The molecule has 0 atom stereocenters. The minimum absolute atomic E-state index is 0.207. The Bertz CT molecular complexity index is 642. The van der Waals surface area contributed by atoms with Gasteiger partial charge in [-0.05, 0) is 54.8 Å². The molecule has 2 aromatic rings. The first-order valence-electron chi connectivity index (χ1n) is 6.10. The molecule has 3 heteroatoms. The molecule has 0 unspecified atom stereocenters. The summed E-state index contributed by atoms with van der Waals surface area (Å²) in [5, 5.41) is 12.0. The molecular formula is C16H15FN2. The largest absolute Gasteiger partial charge is 0.381 e. The van der Waals surface area contributed by atoms with Gasteiger partial charge in [-0.1, -0.05) is 12.1 Å². The summed E-state index contributed by atoms with van der Waals surface area (Å²) >= 11 is 0. The van der Waals surface area contributed by atoms with Gasteiger partial charge in [0.2, 0.25) is 0 Å². The summed E-state index contributed by atoms with van der Waals surface area (Å²) in [7, 11) is 0. The maximum atomic E-state index is 13.4. The molecule has 0 aliphatic heterocycles. The van der Waals surface area contributed by atoms with Crippen LogP contribution >= 0.6 is 0 Å². The smallest absolute Gasteiger partial charge is 0.128 e. The number of nitrogens with zero attached hydrogens (tertiary/aromatic N) is 1. The van der Waals surface area contributed by atoms with Crippen LogP contribution in [0.5, 0.6) is 0 Å². The zero-order chi connectivity index (χ0) is 13.8. The first kappa shape index (κ1) is 13.1. The predicted octanol–water partition coefficient (Wildman–Crippen LogP) is 3.93. The Hall–Kier alpha value is -2.34. The standard InChI is InChI=1S/C16H15FN2/c1-11-3-6-15(8-16(11)17)19-10-14-5-4-13(9-18)7-12(14)2/h3-8,19H,10H2,1-2H3. The molecule has 2 rings (SSSR count). The van der Waals surface area contributed by atoms with Crippen LogP contribution in [0.3, 0.4) is 0 Å². The van der Waals surface area contributed by atoms with Gasteiger partial charge in [-0.25, -0.2) is 4.39 Å². The van der Waals surface area contributed by atoms with E-state index in [1.54, 1.807) is 19.1 Å². The van der Waals surface area contributed by atoms with E-state index >= 15 is 0 Å². The van der Waals surface area contributed by atoms with Gasteiger partial charge in [0.05, 0.1) is 11.6 Å². The lowest BCUT2D eigenvalue weighted by atomic mass is 10.1. The lowest BCUT2D eigenvalue weighted by molar-refractivity contribution is 0.619. The maximum absolute atomic E-state index is 13.4. The Labute approximate surface area is 112 Å². The summed E-state index contributed by atoms with van der Waals surface area (Å²) in [6.45, 7) is 4.32. The molecule has 0 aliphatic rings. The molecule has 0 fully saturated rings. The van der Waals surface area contributed by atoms with E-state index in [4.69, 9.17) is 5.26 Å². The number of hydrogen-bond acceptors (Lipinski definition) is 2. The topological polar surface area (TPSA) is 35.8 Å². The van der Waals surface area contributed by atoms with E-state index < -0.39 is 0 Å². The summed E-state index contributed by atoms with van der Waals surface area (Å²) in [4.78, 5) is 0. The third-order valence-electron chi connectivity index (χ3n) is 3.13. The number of nitrogens with one attached hydrogen (secondary N) is 1. The van der Waals surface area contributed by atoms with Crippen LogP contribution in [-0.4, -0.2) is 0 Å². The van der Waals surface area contributed by atoms with Gasteiger partial charge >= 0.3 is 0 Å². The number of nitriles is 1. The number of halogens is 1. The molecule has 2 aromatic carbocycles. The highest BCUT2D eigenvalue weighted by molar-refractivity contribution is 5.47. The average molecular weight is 254 g/mol. The van der Waals surface area contributed by atoms with E-state index in [1.165, 1.54) is 6.07 Å². The Balaban J connectivity index is 2.10. The van der Waals surface area contributed by atoms with Gasteiger partial charge in [-0.2, -0.15) is 5.26 Å². The maximum Gasteiger partial charge on any atom is 0.128 e. The van der Waals surface area contributed by atoms with E-state index in [0.717, 1.165) is 16.8 Å². The first-order chi connectivity index (χ1) is 9.10. The fraction of sp³-hybridized carbons (Fsp3) is 0.188. The highest BCUT2D eigenvalue weighted by Crippen LogP contribution is 2.16. The van der Waals surface area contributed by atoms with Crippen LogP contribution in [-0.2, 0) is 6.54 Å². The zero-order valence-corrected chi connectivity index (χ0v) is 11.0. The fourth-order valence-electron chi connectivity index (χ4n) is 1.86. The lowest BCUT2D eigenvalue weighted by Gasteiger charge is -2.10. The second-order valence-corrected chi connectivity index (χ2v) is 4.57. The molecular weight excluding hydrogens is 239 g/mol. The van der Waals surface area contributed by atoms with E-state index in [1.807, 2.05) is 25.1 Å². The molecule has 0 radical (unpaired) electrons. The van der Waals surface area contributed by atoms with Crippen LogP contribution in [0.25, 0.3) is 0 Å². The van der Waals surface area contributed by atoms with Crippen molar-refractivity contribution in [3.63, 3.8) is 0 Å². The van der Waals surface area contributed by atoms with Crippen molar-refractivity contribution in [2.45, 2.75) is 20.4 Å². The number of rotatable bonds is 3.